The van der Waals surface area contributed by atoms with Crippen LogP contribution in [0.2, 0.25) is 0 Å². The van der Waals surface area contributed by atoms with E-state index >= 15 is 0 Å². The monoisotopic (exact) mass is 341 g/mol. The van der Waals surface area contributed by atoms with Crippen LogP contribution in [0.25, 0.3) is 0 Å². The Morgan fingerprint density at radius 1 is 1.20 bits per heavy atom. The molecule has 1 saturated heterocycles. The van der Waals surface area contributed by atoms with Gasteiger partial charge in [0.15, 0.2) is 5.82 Å². The van der Waals surface area contributed by atoms with Gasteiger partial charge in [0.2, 0.25) is 11.8 Å². The third-order valence-electron chi connectivity index (χ3n) is 4.32. The second-order valence-electron chi connectivity index (χ2n) is 6.21. The van der Waals surface area contributed by atoms with Gasteiger partial charge in [0.05, 0.1) is 13.2 Å². The highest BCUT2D eigenvalue weighted by atomic mass is 16.5. The van der Waals surface area contributed by atoms with Crippen LogP contribution in [0.3, 0.4) is 0 Å². The number of amides is 1. The summed E-state index contributed by atoms with van der Waals surface area (Å²) >= 11 is 0. The lowest BCUT2D eigenvalue weighted by Gasteiger charge is -2.34. The van der Waals surface area contributed by atoms with Gasteiger partial charge >= 0.3 is 0 Å². The molecular formula is C19H23N3O3. The van der Waals surface area contributed by atoms with Gasteiger partial charge in [0.1, 0.15) is 11.5 Å². The van der Waals surface area contributed by atoms with Crippen molar-refractivity contribution >= 4 is 5.91 Å². The molecule has 6 nitrogen and oxygen atoms in total. The molecule has 0 N–H and O–H groups in total. The zero-order valence-corrected chi connectivity index (χ0v) is 14.9. The van der Waals surface area contributed by atoms with Crippen LogP contribution in [0.15, 0.2) is 30.3 Å². The molecule has 1 aromatic heterocycles. The number of piperidine rings is 1. The largest absolute Gasteiger partial charge is 0.497 e. The number of hydrogen-bond acceptors (Lipinski definition) is 5. The normalized spacial score (nSPS) is 17.2. The highest BCUT2D eigenvalue weighted by Gasteiger charge is 2.28. The second kappa shape index (κ2) is 7.51. The van der Waals surface area contributed by atoms with E-state index in [0.717, 1.165) is 37.3 Å². The molecule has 0 aliphatic carbocycles. The summed E-state index contributed by atoms with van der Waals surface area (Å²) in [7, 11) is 1.62. The van der Waals surface area contributed by atoms with E-state index in [1.54, 1.807) is 26.2 Å². The lowest BCUT2D eigenvalue weighted by Crippen LogP contribution is -2.37. The molecular weight excluding hydrogens is 318 g/mol. The molecule has 0 unspecified atom stereocenters. The summed E-state index contributed by atoms with van der Waals surface area (Å²) in [6.07, 6.45) is 2.97. The topological polar surface area (TPSA) is 64.6 Å². The summed E-state index contributed by atoms with van der Waals surface area (Å²) in [6.45, 7) is 4.26. The maximum Gasteiger partial charge on any atom is 0.222 e. The molecule has 1 aliphatic rings. The summed E-state index contributed by atoms with van der Waals surface area (Å²) in [5.74, 6) is 2.55. The van der Waals surface area contributed by atoms with Crippen molar-refractivity contribution in [3.63, 3.8) is 0 Å². The number of carbonyl (C=O) groups excluding carboxylic acids is 1. The molecule has 0 bridgehead atoms. The van der Waals surface area contributed by atoms with E-state index in [1.807, 2.05) is 30.0 Å². The Hall–Kier alpha value is -2.63. The predicted octanol–water partition coefficient (Wildman–Crippen LogP) is 3.66. The van der Waals surface area contributed by atoms with E-state index in [0.29, 0.717) is 17.5 Å². The van der Waals surface area contributed by atoms with Crippen molar-refractivity contribution in [2.45, 2.75) is 39.2 Å². The van der Waals surface area contributed by atoms with Crippen molar-refractivity contribution in [2.24, 2.45) is 0 Å². The Balaban J connectivity index is 1.88. The molecule has 3 rings (SSSR count). The summed E-state index contributed by atoms with van der Waals surface area (Å²) in [5.41, 5.74) is 0.817. The van der Waals surface area contributed by atoms with Gasteiger partial charge in [-0.05, 0) is 38.3 Å². The lowest BCUT2D eigenvalue weighted by atomic mass is 10.0. The van der Waals surface area contributed by atoms with Gasteiger partial charge in [-0.25, -0.2) is 4.98 Å². The molecule has 132 valence electrons. The maximum atomic E-state index is 11.9. The van der Waals surface area contributed by atoms with Crippen LogP contribution in [0.4, 0.5) is 0 Å². The molecule has 0 radical (unpaired) electrons. The van der Waals surface area contributed by atoms with E-state index in [-0.39, 0.29) is 11.9 Å². The fourth-order valence-corrected chi connectivity index (χ4v) is 3.13. The van der Waals surface area contributed by atoms with Gasteiger partial charge in [-0.2, -0.15) is 4.98 Å². The number of likely N-dealkylation sites (tertiary alicyclic amines) is 1. The van der Waals surface area contributed by atoms with Crippen LogP contribution in [-0.4, -0.2) is 34.4 Å². The van der Waals surface area contributed by atoms with E-state index < -0.39 is 0 Å². The number of carbonyl (C=O) groups is 1. The number of benzene rings is 1. The van der Waals surface area contributed by atoms with Crippen LogP contribution >= 0.6 is 0 Å². The number of aryl methyl sites for hydroxylation is 1. The molecule has 25 heavy (non-hydrogen) atoms. The van der Waals surface area contributed by atoms with Gasteiger partial charge in [0, 0.05) is 31.3 Å². The van der Waals surface area contributed by atoms with Crippen molar-refractivity contribution in [1.29, 1.82) is 0 Å². The van der Waals surface area contributed by atoms with E-state index in [1.165, 1.54) is 0 Å². The summed E-state index contributed by atoms with van der Waals surface area (Å²) in [5, 5.41) is 0. The highest BCUT2D eigenvalue weighted by Crippen LogP contribution is 2.31. The van der Waals surface area contributed by atoms with Gasteiger partial charge < -0.3 is 14.4 Å². The van der Waals surface area contributed by atoms with Crippen LogP contribution in [0, 0.1) is 6.92 Å². The highest BCUT2D eigenvalue weighted by molar-refractivity contribution is 5.73. The first-order chi connectivity index (χ1) is 12.1. The Labute approximate surface area is 147 Å². The van der Waals surface area contributed by atoms with Gasteiger partial charge in [-0.1, -0.05) is 6.07 Å². The molecule has 1 aliphatic heterocycles. The average Bonchev–Trinajstić information content (AvgIpc) is 2.61. The first-order valence-electron chi connectivity index (χ1n) is 8.51. The SMILES string of the molecule is COc1cccc(Oc2cc(C)nc([C@@H]3CCCCN3C(C)=O)n2)c1. The molecule has 1 aromatic carbocycles. The molecule has 1 atom stereocenters. The van der Waals surface area contributed by atoms with Crippen molar-refractivity contribution in [1.82, 2.24) is 14.9 Å². The first kappa shape index (κ1) is 17.2. The number of rotatable bonds is 4. The minimum Gasteiger partial charge on any atom is -0.497 e. The second-order valence-corrected chi connectivity index (χ2v) is 6.21. The average molecular weight is 341 g/mol. The molecule has 1 fully saturated rings. The number of ether oxygens (including phenoxy) is 2. The Kier molecular flexibility index (Phi) is 5.16. The molecule has 0 spiro atoms. The third-order valence-corrected chi connectivity index (χ3v) is 4.32. The smallest absolute Gasteiger partial charge is 0.222 e. The zero-order valence-electron chi connectivity index (χ0n) is 14.9. The molecule has 2 aromatic rings. The standard InChI is InChI=1S/C19H23N3O3/c1-13-11-18(25-16-8-6-7-15(12-16)24-3)21-19(20-13)17-9-4-5-10-22(17)14(2)23/h6-8,11-12,17H,4-5,9-10H2,1-3H3/t17-/m0/s1. The van der Waals surface area contributed by atoms with Gasteiger partial charge in [-0.3, -0.25) is 4.79 Å². The summed E-state index contributed by atoms with van der Waals surface area (Å²) in [4.78, 5) is 22.9. The van der Waals surface area contributed by atoms with Crippen LogP contribution in [0.5, 0.6) is 17.4 Å². The predicted molar refractivity (Wildman–Crippen MR) is 93.8 cm³/mol. The van der Waals surface area contributed by atoms with Gasteiger partial charge in [-0.15, -0.1) is 0 Å². The lowest BCUT2D eigenvalue weighted by molar-refractivity contribution is -0.132. The minimum absolute atomic E-state index is 0.0603. The van der Waals surface area contributed by atoms with E-state index in [2.05, 4.69) is 9.97 Å². The van der Waals surface area contributed by atoms with Crippen molar-refractivity contribution in [3.8, 4) is 17.4 Å². The number of nitrogens with zero attached hydrogens (tertiary/aromatic N) is 3. The van der Waals surface area contributed by atoms with Crippen molar-refractivity contribution < 1.29 is 14.3 Å². The quantitative estimate of drug-likeness (QED) is 0.849. The maximum absolute atomic E-state index is 11.9. The van der Waals surface area contributed by atoms with Crippen LogP contribution in [-0.2, 0) is 4.79 Å². The van der Waals surface area contributed by atoms with E-state index in [4.69, 9.17) is 9.47 Å². The third kappa shape index (κ3) is 4.07. The van der Waals surface area contributed by atoms with E-state index in [9.17, 15) is 4.79 Å². The molecule has 2 heterocycles. The number of aromatic nitrogens is 2. The Morgan fingerprint density at radius 3 is 2.76 bits per heavy atom. The molecule has 6 heteroatoms. The Bertz CT molecular complexity index is 763. The van der Waals surface area contributed by atoms with Gasteiger partial charge in [0.25, 0.3) is 0 Å². The fourth-order valence-electron chi connectivity index (χ4n) is 3.13. The number of methoxy groups -OCH3 is 1. The summed E-state index contributed by atoms with van der Waals surface area (Å²) < 4.78 is 11.1. The minimum atomic E-state index is -0.0844. The molecule has 1 amide bonds. The van der Waals surface area contributed by atoms with Crippen molar-refractivity contribution in [3.05, 3.63) is 41.9 Å². The summed E-state index contributed by atoms with van der Waals surface area (Å²) in [6, 6.07) is 9.09. The number of hydrogen-bond donors (Lipinski definition) is 0. The first-order valence-corrected chi connectivity index (χ1v) is 8.51. The molecule has 0 saturated carbocycles. The van der Waals surface area contributed by atoms with Crippen LogP contribution in [0.1, 0.15) is 43.7 Å². The van der Waals surface area contributed by atoms with Crippen LogP contribution < -0.4 is 9.47 Å². The fraction of sp³-hybridized carbons (Fsp3) is 0.421. The zero-order chi connectivity index (χ0) is 17.8. The van der Waals surface area contributed by atoms with Crippen molar-refractivity contribution in [2.75, 3.05) is 13.7 Å². The Morgan fingerprint density at radius 2 is 2.00 bits per heavy atom.